The van der Waals surface area contributed by atoms with Gasteiger partial charge in [0.2, 0.25) is 0 Å². The van der Waals surface area contributed by atoms with Crippen LogP contribution in [0.2, 0.25) is 5.02 Å². The Hall–Kier alpha value is -3.23. The number of ether oxygens (including phenoxy) is 4. The molecule has 9 heteroatoms. The number of likely N-dealkylation sites (tertiary alicyclic amines) is 1. The zero-order chi connectivity index (χ0) is 24.1. The second-order valence-electron chi connectivity index (χ2n) is 7.18. The molecule has 1 heterocycles. The van der Waals surface area contributed by atoms with E-state index in [1.807, 2.05) is 6.92 Å². The molecule has 1 amide bonds. The van der Waals surface area contributed by atoms with E-state index in [2.05, 4.69) is 0 Å². The number of halogens is 1. The number of Topliss-reactive ketones (excluding diaryl/α,β-unsaturated/α-hetero) is 1. The normalized spacial score (nSPS) is 17.4. The number of carbonyl (C=O) groups is 2. The first-order chi connectivity index (χ1) is 15.9. The number of benzene rings is 2. The molecular formula is C24H26ClNO7. The van der Waals surface area contributed by atoms with Crippen LogP contribution in [-0.2, 0) is 14.3 Å². The molecule has 0 aliphatic carbocycles. The number of carbonyl (C=O) groups excluding carboxylic acids is 2. The molecule has 1 N–H and O–H groups in total. The van der Waals surface area contributed by atoms with E-state index < -0.39 is 17.7 Å². The number of hydrogen-bond acceptors (Lipinski definition) is 7. The fourth-order valence-electron chi connectivity index (χ4n) is 3.75. The largest absolute Gasteiger partial charge is 0.507 e. The van der Waals surface area contributed by atoms with Crippen molar-refractivity contribution in [1.29, 1.82) is 0 Å². The predicted molar refractivity (Wildman–Crippen MR) is 123 cm³/mol. The van der Waals surface area contributed by atoms with Gasteiger partial charge in [0.15, 0.2) is 11.5 Å². The Labute approximate surface area is 197 Å². The lowest BCUT2D eigenvalue weighted by Crippen LogP contribution is -2.32. The minimum atomic E-state index is -0.856. The summed E-state index contributed by atoms with van der Waals surface area (Å²) in [6, 6.07) is 8.90. The van der Waals surface area contributed by atoms with Crippen molar-refractivity contribution < 1.29 is 33.6 Å². The van der Waals surface area contributed by atoms with Crippen LogP contribution in [0.1, 0.15) is 24.1 Å². The molecule has 0 unspecified atom stereocenters. The minimum Gasteiger partial charge on any atom is -0.507 e. The summed E-state index contributed by atoms with van der Waals surface area (Å²) in [6.45, 7) is 2.62. The van der Waals surface area contributed by atoms with Crippen molar-refractivity contribution in [2.24, 2.45) is 0 Å². The van der Waals surface area contributed by atoms with E-state index in [0.717, 1.165) is 0 Å². The van der Waals surface area contributed by atoms with Gasteiger partial charge >= 0.3 is 0 Å². The lowest BCUT2D eigenvalue weighted by Gasteiger charge is -2.25. The number of aliphatic hydroxyl groups is 1. The smallest absolute Gasteiger partial charge is 0.295 e. The molecule has 8 nitrogen and oxygen atoms in total. The van der Waals surface area contributed by atoms with Crippen molar-refractivity contribution in [1.82, 2.24) is 4.90 Å². The monoisotopic (exact) mass is 475 g/mol. The van der Waals surface area contributed by atoms with Gasteiger partial charge < -0.3 is 29.0 Å². The van der Waals surface area contributed by atoms with Crippen molar-refractivity contribution in [2.45, 2.75) is 13.0 Å². The molecule has 3 rings (SSSR count). The summed E-state index contributed by atoms with van der Waals surface area (Å²) in [5.74, 6) is -0.491. The van der Waals surface area contributed by atoms with Gasteiger partial charge in [0.1, 0.15) is 11.5 Å². The van der Waals surface area contributed by atoms with Gasteiger partial charge in [-0.3, -0.25) is 9.59 Å². The van der Waals surface area contributed by atoms with E-state index >= 15 is 0 Å². The number of aliphatic hydroxyl groups excluding tert-OH is 1. The molecule has 1 saturated heterocycles. The molecule has 1 atom stereocenters. The molecule has 176 valence electrons. The van der Waals surface area contributed by atoms with E-state index in [1.54, 1.807) is 30.3 Å². The Balaban J connectivity index is 2.17. The summed E-state index contributed by atoms with van der Waals surface area (Å²) in [7, 11) is 4.51. The molecule has 33 heavy (non-hydrogen) atoms. The Morgan fingerprint density at radius 2 is 1.73 bits per heavy atom. The van der Waals surface area contributed by atoms with Gasteiger partial charge in [-0.1, -0.05) is 17.7 Å². The first kappa shape index (κ1) is 24.4. The van der Waals surface area contributed by atoms with Crippen LogP contribution in [0.25, 0.3) is 5.76 Å². The van der Waals surface area contributed by atoms with Crippen LogP contribution in [0.4, 0.5) is 0 Å². The van der Waals surface area contributed by atoms with Gasteiger partial charge in [-0.2, -0.15) is 0 Å². The lowest BCUT2D eigenvalue weighted by atomic mass is 9.95. The molecule has 2 aromatic carbocycles. The molecule has 0 aromatic heterocycles. The van der Waals surface area contributed by atoms with Gasteiger partial charge in [-0.05, 0) is 42.8 Å². The zero-order valence-electron chi connectivity index (χ0n) is 18.9. The van der Waals surface area contributed by atoms with Crippen LogP contribution in [0.3, 0.4) is 0 Å². The van der Waals surface area contributed by atoms with Crippen molar-refractivity contribution in [3.8, 4) is 17.2 Å². The Morgan fingerprint density at radius 3 is 2.33 bits per heavy atom. The first-order valence-electron chi connectivity index (χ1n) is 10.3. The maximum atomic E-state index is 13.0. The third kappa shape index (κ3) is 4.77. The summed E-state index contributed by atoms with van der Waals surface area (Å²) in [6.07, 6.45) is 0. The van der Waals surface area contributed by atoms with E-state index in [0.29, 0.717) is 35.0 Å². The highest BCUT2D eigenvalue weighted by Gasteiger charge is 2.46. The quantitative estimate of drug-likeness (QED) is 0.334. The van der Waals surface area contributed by atoms with Crippen molar-refractivity contribution in [2.75, 3.05) is 41.1 Å². The summed E-state index contributed by atoms with van der Waals surface area (Å²) >= 11 is 6.28. The molecule has 1 aliphatic rings. The highest BCUT2D eigenvalue weighted by Crippen LogP contribution is 2.42. The van der Waals surface area contributed by atoms with Crippen molar-refractivity contribution in [3.63, 3.8) is 0 Å². The number of nitrogens with zero attached hydrogens (tertiary/aromatic N) is 1. The Morgan fingerprint density at radius 1 is 1.03 bits per heavy atom. The summed E-state index contributed by atoms with van der Waals surface area (Å²) in [5.41, 5.74) is 0.809. The third-order valence-electron chi connectivity index (χ3n) is 5.30. The standard InChI is InChI=1S/C24H26ClNO7/c1-5-33-17-8-7-15(12-16(17)25)22(27)20-21(26(10-11-30-2)24(29)23(20)28)14-6-9-18(31-3)19(13-14)32-4/h6-9,12-13,21,27H,5,10-11H2,1-4H3/t21-/m1/s1. The number of methoxy groups -OCH3 is 3. The highest BCUT2D eigenvalue weighted by atomic mass is 35.5. The highest BCUT2D eigenvalue weighted by molar-refractivity contribution is 6.46. The maximum Gasteiger partial charge on any atom is 0.295 e. The topological polar surface area (TPSA) is 94.5 Å². The van der Waals surface area contributed by atoms with E-state index in [1.165, 1.54) is 32.3 Å². The maximum absolute atomic E-state index is 13.0. The van der Waals surface area contributed by atoms with Gasteiger partial charge in [0.05, 0.1) is 44.1 Å². The van der Waals surface area contributed by atoms with E-state index in [9.17, 15) is 14.7 Å². The number of hydrogen-bond donors (Lipinski definition) is 1. The molecular weight excluding hydrogens is 450 g/mol. The van der Waals surface area contributed by atoms with Gasteiger partial charge in [0.25, 0.3) is 11.7 Å². The minimum absolute atomic E-state index is 0.0523. The van der Waals surface area contributed by atoms with E-state index in [4.69, 9.17) is 30.5 Å². The van der Waals surface area contributed by atoms with Crippen molar-refractivity contribution in [3.05, 3.63) is 58.1 Å². The Kier molecular flexibility index (Phi) is 7.84. The molecule has 0 radical (unpaired) electrons. The van der Waals surface area contributed by atoms with E-state index in [-0.39, 0.29) is 29.5 Å². The summed E-state index contributed by atoms with van der Waals surface area (Å²) in [5, 5.41) is 11.4. The number of amides is 1. The van der Waals surface area contributed by atoms with Gasteiger partial charge in [-0.25, -0.2) is 0 Å². The van der Waals surface area contributed by atoms with Crippen LogP contribution in [0.5, 0.6) is 17.2 Å². The van der Waals surface area contributed by atoms with Crippen molar-refractivity contribution >= 4 is 29.1 Å². The first-order valence-corrected chi connectivity index (χ1v) is 10.7. The lowest BCUT2D eigenvalue weighted by molar-refractivity contribution is -0.140. The fourth-order valence-corrected chi connectivity index (χ4v) is 3.98. The zero-order valence-corrected chi connectivity index (χ0v) is 19.6. The summed E-state index contributed by atoms with van der Waals surface area (Å²) in [4.78, 5) is 27.3. The van der Waals surface area contributed by atoms with Crippen LogP contribution in [-0.4, -0.2) is 62.8 Å². The third-order valence-corrected chi connectivity index (χ3v) is 5.60. The number of rotatable bonds is 9. The molecule has 1 fully saturated rings. The number of ketones is 1. The Bertz CT molecular complexity index is 1080. The average Bonchev–Trinajstić information content (AvgIpc) is 3.07. The van der Waals surface area contributed by atoms with Gasteiger partial charge in [0, 0.05) is 19.2 Å². The second kappa shape index (κ2) is 10.6. The summed E-state index contributed by atoms with van der Waals surface area (Å²) < 4.78 is 21.2. The fraction of sp³-hybridized carbons (Fsp3) is 0.333. The molecule has 0 bridgehead atoms. The van der Waals surface area contributed by atoms with Crippen LogP contribution < -0.4 is 14.2 Å². The average molecular weight is 476 g/mol. The molecule has 1 aliphatic heterocycles. The second-order valence-corrected chi connectivity index (χ2v) is 7.59. The molecule has 0 saturated carbocycles. The SMILES string of the molecule is CCOc1ccc(C(O)=C2C(=O)C(=O)N(CCOC)[C@@H]2c2ccc(OC)c(OC)c2)cc1Cl. The van der Waals surface area contributed by atoms with Crippen LogP contribution in [0.15, 0.2) is 42.0 Å². The predicted octanol–water partition coefficient (Wildman–Crippen LogP) is 3.82. The van der Waals surface area contributed by atoms with Crippen LogP contribution in [0, 0.1) is 0 Å². The van der Waals surface area contributed by atoms with Crippen LogP contribution >= 0.6 is 11.6 Å². The van der Waals surface area contributed by atoms with Gasteiger partial charge in [-0.15, -0.1) is 0 Å². The molecule has 2 aromatic rings. The molecule has 0 spiro atoms.